The van der Waals surface area contributed by atoms with Crippen LogP contribution in [0.2, 0.25) is 5.02 Å². The molecule has 8 nitrogen and oxygen atoms in total. The lowest BCUT2D eigenvalue weighted by molar-refractivity contribution is -0.144. The first kappa shape index (κ1) is 30.4. The van der Waals surface area contributed by atoms with Crippen LogP contribution in [0.3, 0.4) is 0 Å². The molecular formula is C28H33ClF5N7O. The molecule has 0 radical (unpaired) electrons. The molecule has 1 atom stereocenters. The predicted molar refractivity (Wildman–Crippen MR) is 146 cm³/mol. The van der Waals surface area contributed by atoms with E-state index in [-0.39, 0.29) is 36.9 Å². The first-order chi connectivity index (χ1) is 20.0. The third-order valence-corrected chi connectivity index (χ3v) is 8.18. The first-order valence-corrected chi connectivity index (χ1v) is 14.6. The first-order valence-electron chi connectivity index (χ1n) is 14.2. The van der Waals surface area contributed by atoms with E-state index < -0.39 is 29.9 Å². The molecule has 1 saturated carbocycles. The summed E-state index contributed by atoms with van der Waals surface area (Å²) in [5.74, 6) is -4.56. The number of benzene rings is 1. The lowest BCUT2D eigenvalue weighted by atomic mass is 10.0. The molecule has 2 N–H and O–H groups in total. The zero-order valence-corrected chi connectivity index (χ0v) is 23.7. The standard InChI is InChI=1S/C28H33ClF5N7O/c29-21-11-4-3-10-20(21)23-16-22(39-41(23)19-8-1-2-9-19)25(42)35-18(15-24-36-26(38-37-24)28(32,33)34)7-5-13-40-14-6-12-27(30,31)17-40/h3-4,10-11,16,18-19H,1-2,5-9,12-15,17H2,(H,35,42)(H,36,37,38)/t18-/m0/s1. The third kappa shape index (κ3) is 7.47. The van der Waals surface area contributed by atoms with Gasteiger partial charge in [-0.3, -0.25) is 19.5 Å². The quantitative estimate of drug-likeness (QED) is 0.262. The van der Waals surface area contributed by atoms with E-state index in [0.29, 0.717) is 43.1 Å². The monoisotopic (exact) mass is 613 g/mol. The highest BCUT2D eigenvalue weighted by Crippen LogP contribution is 2.36. The Labute approximate surface area is 245 Å². The Kier molecular flexibility index (Phi) is 9.17. The summed E-state index contributed by atoms with van der Waals surface area (Å²) >= 11 is 6.48. The van der Waals surface area contributed by atoms with Crippen LogP contribution in [0.4, 0.5) is 22.0 Å². The van der Waals surface area contributed by atoms with Crippen LogP contribution in [0, 0.1) is 0 Å². The normalized spacial score (nSPS) is 18.8. The number of amides is 1. The Hall–Kier alpha value is -3.06. The number of aromatic nitrogens is 5. The van der Waals surface area contributed by atoms with Gasteiger partial charge in [0.15, 0.2) is 5.69 Å². The Bertz CT molecular complexity index is 1370. The van der Waals surface area contributed by atoms with E-state index in [9.17, 15) is 26.7 Å². The Balaban J connectivity index is 1.34. The van der Waals surface area contributed by atoms with Gasteiger partial charge in [-0.1, -0.05) is 42.6 Å². The molecule has 3 aromatic rings. The van der Waals surface area contributed by atoms with E-state index in [4.69, 9.17) is 11.6 Å². The average molecular weight is 614 g/mol. The number of rotatable bonds is 10. The van der Waals surface area contributed by atoms with Gasteiger partial charge in [-0.2, -0.15) is 18.3 Å². The van der Waals surface area contributed by atoms with Gasteiger partial charge in [-0.05, 0) is 57.3 Å². The van der Waals surface area contributed by atoms with Crippen molar-refractivity contribution >= 4 is 17.5 Å². The van der Waals surface area contributed by atoms with Gasteiger partial charge in [0, 0.05) is 29.5 Å². The van der Waals surface area contributed by atoms with Crippen LogP contribution in [0.25, 0.3) is 11.3 Å². The molecule has 1 aromatic carbocycles. The van der Waals surface area contributed by atoms with Crippen LogP contribution < -0.4 is 5.32 Å². The highest BCUT2D eigenvalue weighted by Gasteiger charge is 2.37. The SMILES string of the molecule is O=C(N[C@@H](CCCN1CCCC(F)(F)C1)Cc1nc(C(F)(F)F)n[nH]1)c1cc(-c2ccccc2Cl)n(C2CCCC2)n1. The molecule has 0 bridgehead atoms. The van der Waals surface area contributed by atoms with Crippen molar-refractivity contribution in [2.45, 2.75) is 82.0 Å². The molecule has 42 heavy (non-hydrogen) atoms. The molecule has 1 amide bonds. The van der Waals surface area contributed by atoms with E-state index in [2.05, 4.69) is 25.6 Å². The highest BCUT2D eigenvalue weighted by molar-refractivity contribution is 6.33. The molecule has 5 rings (SSSR count). The fourth-order valence-corrected chi connectivity index (χ4v) is 6.07. The fourth-order valence-electron chi connectivity index (χ4n) is 5.83. The molecule has 2 aliphatic rings. The summed E-state index contributed by atoms with van der Waals surface area (Å²) in [5, 5.41) is 13.6. The van der Waals surface area contributed by atoms with Gasteiger partial charge in [0.2, 0.25) is 0 Å². The van der Waals surface area contributed by atoms with Crippen molar-refractivity contribution in [1.29, 1.82) is 0 Å². The number of carbonyl (C=O) groups excluding carboxylic acids is 1. The number of nitrogens with zero attached hydrogens (tertiary/aromatic N) is 5. The van der Waals surface area contributed by atoms with E-state index in [1.54, 1.807) is 17.0 Å². The van der Waals surface area contributed by atoms with Gasteiger partial charge in [0.25, 0.3) is 17.7 Å². The van der Waals surface area contributed by atoms with Gasteiger partial charge in [0.1, 0.15) is 5.82 Å². The smallest absolute Gasteiger partial charge is 0.347 e. The number of hydrogen-bond acceptors (Lipinski definition) is 5. The van der Waals surface area contributed by atoms with Gasteiger partial charge in [-0.25, -0.2) is 13.8 Å². The molecule has 2 fully saturated rings. The Morgan fingerprint density at radius 2 is 1.95 bits per heavy atom. The fraction of sp³-hybridized carbons (Fsp3) is 0.571. The van der Waals surface area contributed by atoms with Crippen LogP contribution in [0.15, 0.2) is 30.3 Å². The molecule has 1 aliphatic carbocycles. The minimum Gasteiger partial charge on any atom is -0.347 e. The topological polar surface area (TPSA) is 91.7 Å². The molecule has 0 unspecified atom stereocenters. The molecule has 1 saturated heterocycles. The average Bonchev–Trinajstić information content (AvgIpc) is 3.69. The maximum absolute atomic E-state index is 13.9. The highest BCUT2D eigenvalue weighted by atomic mass is 35.5. The summed E-state index contributed by atoms with van der Waals surface area (Å²) in [6, 6.07) is 8.46. The van der Waals surface area contributed by atoms with Crippen LogP contribution in [0.1, 0.15) is 79.5 Å². The maximum Gasteiger partial charge on any atom is 0.453 e. The molecule has 3 heterocycles. The van der Waals surface area contributed by atoms with E-state index in [1.807, 2.05) is 22.9 Å². The second-order valence-electron chi connectivity index (χ2n) is 11.1. The second-order valence-corrected chi connectivity index (χ2v) is 11.5. The minimum atomic E-state index is -4.71. The number of aromatic amines is 1. The molecule has 228 valence electrons. The summed E-state index contributed by atoms with van der Waals surface area (Å²) in [4.78, 5) is 18.7. The number of hydrogen-bond donors (Lipinski definition) is 2. The number of nitrogens with one attached hydrogen (secondary N) is 2. The maximum atomic E-state index is 13.9. The van der Waals surface area contributed by atoms with Gasteiger partial charge < -0.3 is 5.32 Å². The Morgan fingerprint density at radius 3 is 2.64 bits per heavy atom. The minimum absolute atomic E-state index is 0.0367. The van der Waals surface area contributed by atoms with Crippen molar-refractivity contribution in [2.24, 2.45) is 0 Å². The molecule has 2 aromatic heterocycles. The van der Waals surface area contributed by atoms with Crippen molar-refractivity contribution in [1.82, 2.24) is 35.2 Å². The van der Waals surface area contributed by atoms with Crippen molar-refractivity contribution in [3.05, 3.63) is 52.7 Å². The van der Waals surface area contributed by atoms with E-state index in [1.165, 1.54) is 0 Å². The van der Waals surface area contributed by atoms with Crippen molar-refractivity contribution < 1.29 is 26.7 Å². The molecule has 0 spiro atoms. The molecule has 14 heteroatoms. The summed E-state index contributed by atoms with van der Waals surface area (Å²) in [7, 11) is 0. The molecular weight excluding hydrogens is 581 g/mol. The van der Waals surface area contributed by atoms with Crippen LogP contribution >= 0.6 is 11.6 Å². The predicted octanol–water partition coefficient (Wildman–Crippen LogP) is 6.31. The van der Waals surface area contributed by atoms with Gasteiger partial charge >= 0.3 is 6.18 Å². The summed E-state index contributed by atoms with van der Waals surface area (Å²) in [6.07, 6.45) is 0.213. The number of likely N-dealkylation sites (tertiary alicyclic amines) is 1. The molecule has 1 aliphatic heterocycles. The number of H-pyrrole nitrogens is 1. The van der Waals surface area contributed by atoms with E-state index >= 15 is 0 Å². The van der Waals surface area contributed by atoms with Gasteiger partial charge in [0.05, 0.1) is 18.3 Å². The van der Waals surface area contributed by atoms with Crippen molar-refractivity contribution in [2.75, 3.05) is 19.6 Å². The second kappa shape index (κ2) is 12.7. The van der Waals surface area contributed by atoms with Crippen LogP contribution in [-0.2, 0) is 12.6 Å². The third-order valence-electron chi connectivity index (χ3n) is 7.85. The zero-order chi connectivity index (χ0) is 29.9. The van der Waals surface area contributed by atoms with Gasteiger partial charge in [-0.15, -0.1) is 5.10 Å². The lowest BCUT2D eigenvalue weighted by Crippen LogP contribution is -2.43. The summed E-state index contributed by atoms with van der Waals surface area (Å²) in [6.45, 7) is 0.594. The zero-order valence-electron chi connectivity index (χ0n) is 22.9. The van der Waals surface area contributed by atoms with Crippen molar-refractivity contribution in [3.8, 4) is 11.3 Å². The van der Waals surface area contributed by atoms with Crippen LogP contribution in [-0.4, -0.2) is 67.4 Å². The number of alkyl halides is 5. The summed E-state index contributed by atoms with van der Waals surface area (Å²) < 4.78 is 68.8. The van der Waals surface area contributed by atoms with E-state index in [0.717, 1.165) is 31.2 Å². The Morgan fingerprint density at radius 1 is 1.19 bits per heavy atom. The largest absolute Gasteiger partial charge is 0.453 e. The number of halogens is 6. The van der Waals surface area contributed by atoms with Crippen molar-refractivity contribution in [3.63, 3.8) is 0 Å². The summed E-state index contributed by atoms with van der Waals surface area (Å²) in [5.41, 5.74) is 1.62. The number of carbonyl (C=O) groups is 1. The van der Waals surface area contributed by atoms with Crippen LogP contribution in [0.5, 0.6) is 0 Å². The lowest BCUT2D eigenvalue weighted by Gasteiger charge is -2.32. The number of piperidine rings is 1.